The number of alkyl halides is 3. The molecule has 0 aliphatic heterocycles. The van der Waals surface area contributed by atoms with Crippen molar-refractivity contribution in [2.24, 2.45) is 0 Å². The van der Waals surface area contributed by atoms with Gasteiger partial charge in [0.1, 0.15) is 6.10 Å². The van der Waals surface area contributed by atoms with Gasteiger partial charge in [-0.05, 0) is 6.07 Å². The molecule has 0 aliphatic rings. The van der Waals surface area contributed by atoms with Gasteiger partial charge in [-0.3, -0.25) is 0 Å². The minimum atomic E-state index is -4.46. The van der Waals surface area contributed by atoms with Crippen molar-refractivity contribution >= 4 is 0 Å². The molecule has 0 spiro atoms. The van der Waals surface area contributed by atoms with Crippen molar-refractivity contribution in [3.8, 4) is 11.9 Å². The maximum Gasteiger partial charge on any atom is 0.422 e. The molecule has 1 aromatic rings. The molecule has 0 saturated heterocycles. The summed E-state index contributed by atoms with van der Waals surface area (Å²) in [5.74, 6) is -0.269. The summed E-state index contributed by atoms with van der Waals surface area (Å²) < 4.78 is 39.9. The van der Waals surface area contributed by atoms with Crippen LogP contribution in [0.1, 0.15) is 11.7 Å². The van der Waals surface area contributed by atoms with Crippen LogP contribution in [-0.2, 0) is 0 Å². The number of rotatable bonds is 4. The van der Waals surface area contributed by atoms with E-state index >= 15 is 0 Å². The number of hydrogen-bond acceptors (Lipinski definition) is 5. The quantitative estimate of drug-likeness (QED) is 0.788. The number of pyridine rings is 1. The molecule has 1 heterocycles. The molecule has 0 bridgehead atoms. The average molecular weight is 262 g/mol. The highest BCUT2D eigenvalue weighted by atomic mass is 19.4. The number of ether oxygens (including phenoxy) is 1. The van der Waals surface area contributed by atoms with E-state index in [-0.39, 0.29) is 11.4 Å². The van der Waals surface area contributed by atoms with E-state index in [0.29, 0.717) is 0 Å². The second-order valence-electron chi connectivity index (χ2n) is 3.35. The Hall–Kier alpha value is -1.85. The van der Waals surface area contributed by atoms with Crippen LogP contribution in [0.4, 0.5) is 13.2 Å². The van der Waals surface area contributed by atoms with Gasteiger partial charge in [0, 0.05) is 17.8 Å². The third kappa shape index (κ3) is 4.20. The average Bonchev–Trinajstić information content (AvgIpc) is 2.34. The highest BCUT2D eigenvalue weighted by Crippen LogP contribution is 2.20. The van der Waals surface area contributed by atoms with Crippen molar-refractivity contribution in [2.45, 2.75) is 18.4 Å². The molecule has 98 valence electrons. The molecular formula is C10H9F3N2O3. The molecule has 5 nitrogen and oxygen atoms in total. The van der Waals surface area contributed by atoms with Gasteiger partial charge in [0.15, 0.2) is 12.7 Å². The fourth-order valence-corrected chi connectivity index (χ4v) is 1.06. The van der Waals surface area contributed by atoms with E-state index in [1.807, 2.05) is 0 Å². The third-order valence-corrected chi connectivity index (χ3v) is 1.92. The molecule has 0 aromatic carbocycles. The third-order valence-electron chi connectivity index (χ3n) is 1.92. The van der Waals surface area contributed by atoms with Crippen LogP contribution >= 0.6 is 0 Å². The summed E-state index contributed by atoms with van der Waals surface area (Å²) in [5.41, 5.74) is 0.100. The first-order valence-electron chi connectivity index (χ1n) is 4.75. The maximum atomic E-state index is 11.8. The van der Waals surface area contributed by atoms with Crippen molar-refractivity contribution in [2.75, 3.05) is 6.61 Å². The van der Waals surface area contributed by atoms with Gasteiger partial charge in [-0.25, -0.2) is 4.98 Å². The molecule has 2 N–H and O–H groups in total. The number of aliphatic hydroxyl groups is 2. The number of aromatic nitrogens is 1. The lowest BCUT2D eigenvalue weighted by Gasteiger charge is -2.12. The molecular weight excluding hydrogens is 253 g/mol. The van der Waals surface area contributed by atoms with Gasteiger partial charge in [-0.1, -0.05) is 0 Å². The normalized spacial score (nSPS) is 14.7. The number of nitriles is 1. The zero-order valence-electron chi connectivity index (χ0n) is 8.92. The number of hydrogen-bond donors (Lipinski definition) is 2. The standard InChI is InChI=1S/C10H9F3N2O3/c11-10(12,13)5-18-8-2-1-6(4-15-8)9(17)7(16)3-14/h1-2,4,7,9,16-17H,5H2. The Morgan fingerprint density at radius 1 is 1.39 bits per heavy atom. The van der Waals surface area contributed by atoms with E-state index in [0.717, 1.165) is 12.3 Å². The molecule has 2 unspecified atom stereocenters. The Kier molecular flexibility index (Phi) is 4.47. The van der Waals surface area contributed by atoms with Crippen molar-refractivity contribution in [1.29, 1.82) is 5.26 Å². The van der Waals surface area contributed by atoms with Crippen LogP contribution in [0.15, 0.2) is 18.3 Å². The lowest BCUT2D eigenvalue weighted by Crippen LogP contribution is -2.20. The predicted molar refractivity (Wildman–Crippen MR) is 52.4 cm³/mol. The van der Waals surface area contributed by atoms with Crippen molar-refractivity contribution in [1.82, 2.24) is 4.98 Å². The summed E-state index contributed by atoms with van der Waals surface area (Å²) in [5, 5.41) is 26.8. The summed E-state index contributed by atoms with van der Waals surface area (Å²) >= 11 is 0. The van der Waals surface area contributed by atoms with Crippen LogP contribution in [0, 0.1) is 11.3 Å². The van der Waals surface area contributed by atoms with Gasteiger partial charge < -0.3 is 14.9 Å². The first-order chi connectivity index (χ1) is 8.33. The van der Waals surface area contributed by atoms with Crippen LogP contribution in [0.5, 0.6) is 5.88 Å². The van der Waals surface area contributed by atoms with Gasteiger partial charge in [-0.2, -0.15) is 18.4 Å². The van der Waals surface area contributed by atoms with Crippen LogP contribution < -0.4 is 4.74 Å². The van der Waals surface area contributed by atoms with Gasteiger partial charge in [0.05, 0.1) is 6.07 Å². The van der Waals surface area contributed by atoms with Crippen molar-refractivity contribution in [3.05, 3.63) is 23.9 Å². The Morgan fingerprint density at radius 2 is 2.06 bits per heavy atom. The molecule has 0 fully saturated rings. The Morgan fingerprint density at radius 3 is 2.50 bits per heavy atom. The van der Waals surface area contributed by atoms with E-state index in [1.165, 1.54) is 12.1 Å². The van der Waals surface area contributed by atoms with Gasteiger partial charge >= 0.3 is 6.18 Å². The van der Waals surface area contributed by atoms with E-state index in [2.05, 4.69) is 9.72 Å². The Labute approximate surface area is 100 Å². The van der Waals surface area contributed by atoms with Crippen LogP contribution in [-0.4, -0.2) is 34.1 Å². The number of aliphatic hydroxyl groups excluding tert-OH is 2. The van der Waals surface area contributed by atoms with Gasteiger partial charge in [0.2, 0.25) is 5.88 Å². The number of halogens is 3. The molecule has 8 heteroatoms. The zero-order chi connectivity index (χ0) is 13.8. The number of nitrogens with zero attached hydrogens (tertiary/aromatic N) is 2. The van der Waals surface area contributed by atoms with E-state index in [1.54, 1.807) is 0 Å². The Balaban J connectivity index is 2.66. The molecule has 1 aromatic heterocycles. The second-order valence-corrected chi connectivity index (χ2v) is 3.35. The van der Waals surface area contributed by atoms with Crippen molar-refractivity contribution < 1.29 is 28.1 Å². The fourth-order valence-electron chi connectivity index (χ4n) is 1.06. The summed E-state index contributed by atoms with van der Waals surface area (Å²) in [4.78, 5) is 3.52. The first-order valence-corrected chi connectivity index (χ1v) is 4.75. The minimum absolute atomic E-state index is 0.100. The van der Waals surface area contributed by atoms with Crippen LogP contribution in [0.3, 0.4) is 0 Å². The largest absolute Gasteiger partial charge is 0.468 e. The second kappa shape index (κ2) is 5.66. The zero-order valence-corrected chi connectivity index (χ0v) is 8.92. The van der Waals surface area contributed by atoms with Crippen molar-refractivity contribution in [3.63, 3.8) is 0 Å². The van der Waals surface area contributed by atoms with Gasteiger partial charge in [-0.15, -0.1) is 0 Å². The molecule has 0 saturated carbocycles. The van der Waals surface area contributed by atoms with E-state index in [4.69, 9.17) is 10.4 Å². The summed E-state index contributed by atoms with van der Waals surface area (Å²) in [7, 11) is 0. The minimum Gasteiger partial charge on any atom is -0.468 e. The molecule has 18 heavy (non-hydrogen) atoms. The highest BCUT2D eigenvalue weighted by molar-refractivity contribution is 5.21. The molecule has 1 rings (SSSR count). The summed E-state index contributed by atoms with van der Waals surface area (Å²) in [6.45, 7) is -1.47. The van der Waals surface area contributed by atoms with E-state index < -0.39 is 25.0 Å². The molecule has 2 atom stereocenters. The summed E-state index contributed by atoms with van der Waals surface area (Å²) in [6.07, 6.45) is -6.54. The SMILES string of the molecule is N#CC(O)C(O)c1ccc(OCC(F)(F)F)nc1. The molecule has 0 radical (unpaired) electrons. The topological polar surface area (TPSA) is 86.4 Å². The molecule has 0 amide bonds. The van der Waals surface area contributed by atoms with E-state index in [9.17, 15) is 18.3 Å². The maximum absolute atomic E-state index is 11.8. The van der Waals surface area contributed by atoms with Crippen LogP contribution in [0.2, 0.25) is 0 Å². The fraction of sp³-hybridized carbons (Fsp3) is 0.400. The smallest absolute Gasteiger partial charge is 0.422 e. The monoisotopic (exact) mass is 262 g/mol. The lowest BCUT2D eigenvalue weighted by atomic mass is 10.1. The highest BCUT2D eigenvalue weighted by Gasteiger charge is 2.28. The Bertz CT molecular complexity index is 427. The first kappa shape index (κ1) is 14.2. The van der Waals surface area contributed by atoms with Crippen LogP contribution in [0.25, 0.3) is 0 Å². The van der Waals surface area contributed by atoms with Gasteiger partial charge in [0.25, 0.3) is 0 Å². The lowest BCUT2D eigenvalue weighted by molar-refractivity contribution is -0.154. The molecule has 0 aliphatic carbocycles. The predicted octanol–water partition coefficient (Wildman–Crippen LogP) is 0.941. The summed E-state index contributed by atoms with van der Waals surface area (Å²) in [6, 6.07) is 3.74.